The molecule has 0 aromatic rings. The monoisotopic (exact) mass is 268 g/mol. The maximum atomic E-state index is 11.9. The SMILES string of the molecule is CC(C)(C)OC(=O)N1CC2(CCC(C(N)=O)CC2)C1. The van der Waals surface area contributed by atoms with E-state index < -0.39 is 5.60 Å². The van der Waals surface area contributed by atoms with Crippen molar-refractivity contribution in [2.75, 3.05) is 13.1 Å². The van der Waals surface area contributed by atoms with Crippen molar-refractivity contribution in [1.29, 1.82) is 0 Å². The Balaban J connectivity index is 1.80. The molecule has 2 amide bonds. The number of likely N-dealkylation sites (tertiary alicyclic amines) is 1. The van der Waals surface area contributed by atoms with Crippen molar-refractivity contribution in [2.24, 2.45) is 17.1 Å². The summed E-state index contributed by atoms with van der Waals surface area (Å²) in [4.78, 5) is 24.8. The zero-order chi connectivity index (χ0) is 14.3. The number of primary amides is 1. The molecule has 2 fully saturated rings. The van der Waals surface area contributed by atoms with Crippen molar-refractivity contribution in [3.63, 3.8) is 0 Å². The van der Waals surface area contributed by atoms with E-state index in [9.17, 15) is 9.59 Å². The molecule has 108 valence electrons. The summed E-state index contributed by atoms with van der Waals surface area (Å²) < 4.78 is 5.35. The molecule has 5 nitrogen and oxygen atoms in total. The predicted octanol–water partition coefficient (Wildman–Crippen LogP) is 1.90. The lowest BCUT2D eigenvalue weighted by Crippen LogP contribution is -2.60. The standard InChI is InChI=1S/C14H24N2O3/c1-13(2,3)19-12(18)16-8-14(9-16)6-4-10(5-7-14)11(15)17/h10H,4-9H2,1-3H3,(H2,15,17). The van der Waals surface area contributed by atoms with Crippen molar-refractivity contribution < 1.29 is 14.3 Å². The average Bonchev–Trinajstić information content (AvgIpc) is 2.23. The van der Waals surface area contributed by atoms with Gasteiger partial charge in [-0.2, -0.15) is 0 Å². The third-order valence-electron chi connectivity index (χ3n) is 4.15. The van der Waals surface area contributed by atoms with Crippen LogP contribution >= 0.6 is 0 Å². The molecule has 0 atom stereocenters. The molecular weight excluding hydrogens is 244 g/mol. The minimum Gasteiger partial charge on any atom is -0.444 e. The molecule has 1 aliphatic carbocycles. The normalized spacial score (nSPS) is 23.0. The van der Waals surface area contributed by atoms with Gasteiger partial charge in [0.25, 0.3) is 0 Å². The van der Waals surface area contributed by atoms with Crippen molar-refractivity contribution in [2.45, 2.75) is 52.1 Å². The summed E-state index contributed by atoms with van der Waals surface area (Å²) in [6.07, 6.45) is 3.46. The van der Waals surface area contributed by atoms with Gasteiger partial charge in [0, 0.05) is 24.4 Å². The zero-order valence-electron chi connectivity index (χ0n) is 12.1. The molecule has 1 aliphatic heterocycles. The fraction of sp³-hybridized carbons (Fsp3) is 0.857. The first-order valence-electron chi connectivity index (χ1n) is 6.98. The van der Waals surface area contributed by atoms with Crippen molar-refractivity contribution in [3.05, 3.63) is 0 Å². The fourth-order valence-electron chi connectivity index (χ4n) is 3.05. The number of hydrogen-bond donors (Lipinski definition) is 1. The summed E-state index contributed by atoms with van der Waals surface area (Å²) in [5.74, 6) is -0.153. The molecule has 5 heteroatoms. The molecule has 0 radical (unpaired) electrons. The van der Waals surface area contributed by atoms with Gasteiger partial charge in [0.05, 0.1) is 0 Å². The third-order valence-corrected chi connectivity index (χ3v) is 4.15. The number of nitrogens with two attached hydrogens (primary N) is 1. The molecular formula is C14H24N2O3. The number of nitrogens with zero attached hydrogens (tertiary/aromatic N) is 1. The topological polar surface area (TPSA) is 72.6 Å². The summed E-state index contributed by atoms with van der Waals surface area (Å²) in [5, 5.41) is 0. The molecule has 19 heavy (non-hydrogen) atoms. The van der Waals surface area contributed by atoms with E-state index in [0.29, 0.717) is 0 Å². The molecule has 1 heterocycles. The maximum Gasteiger partial charge on any atom is 0.410 e. The minimum absolute atomic E-state index is 0.0289. The number of rotatable bonds is 1. The summed E-state index contributed by atoms with van der Waals surface area (Å²) in [6, 6.07) is 0. The largest absolute Gasteiger partial charge is 0.444 e. The van der Waals surface area contributed by atoms with Gasteiger partial charge in [-0.05, 0) is 46.5 Å². The number of carbonyl (C=O) groups excluding carboxylic acids is 2. The van der Waals surface area contributed by atoms with E-state index in [4.69, 9.17) is 10.5 Å². The van der Waals surface area contributed by atoms with Crippen LogP contribution in [0.4, 0.5) is 4.79 Å². The average molecular weight is 268 g/mol. The second-order valence-corrected chi connectivity index (χ2v) is 7.01. The molecule has 0 aromatic heterocycles. The Labute approximate surface area is 114 Å². The highest BCUT2D eigenvalue weighted by Gasteiger charge is 2.48. The lowest BCUT2D eigenvalue weighted by Gasteiger charge is -2.52. The highest BCUT2D eigenvalue weighted by Crippen LogP contribution is 2.45. The van der Waals surface area contributed by atoms with Crippen LogP contribution < -0.4 is 5.73 Å². The van der Waals surface area contributed by atoms with Crippen LogP contribution in [-0.4, -0.2) is 35.6 Å². The van der Waals surface area contributed by atoms with Crippen LogP contribution in [0.3, 0.4) is 0 Å². The Morgan fingerprint density at radius 2 is 1.74 bits per heavy atom. The summed E-state index contributed by atoms with van der Waals surface area (Å²) in [7, 11) is 0. The Kier molecular flexibility index (Phi) is 3.49. The first-order valence-corrected chi connectivity index (χ1v) is 6.98. The van der Waals surface area contributed by atoms with Crippen molar-refractivity contribution in [1.82, 2.24) is 4.90 Å². The molecule has 2 rings (SSSR count). The van der Waals surface area contributed by atoms with Crippen LogP contribution in [0.25, 0.3) is 0 Å². The number of amides is 2. The van der Waals surface area contributed by atoms with E-state index in [-0.39, 0.29) is 23.3 Å². The van der Waals surface area contributed by atoms with Gasteiger partial charge in [-0.15, -0.1) is 0 Å². The van der Waals surface area contributed by atoms with Crippen LogP contribution in [-0.2, 0) is 9.53 Å². The quantitative estimate of drug-likeness (QED) is 0.789. The molecule has 0 bridgehead atoms. The fourth-order valence-corrected chi connectivity index (χ4v) is 3.05. The van der Waals surface area contributed by atoms with Crippen LogP contribution in [0.15, 0.2) is 0 Å². The van der Waals surface area contributed by atoms with Gasteiger partial charge in [0.1, 0.15) is 5.60 Å². The van der Waals surface area contributed by atoms with Gasteiger partial charge in [-0.3, -0.25) is 4.79 Å². The summed E-state index contributed by atoms with van der Waals surface area (Å²) in [5.41, 5.74) is 5.11. The molecule has 2 N–H and O–H groups in total. The molecule has 0 unspecified atom stereocenters. The van der Waals surface area contributed by atoms with Crippen molar-refractivity contribution >= 4 is 12.0 Å². The van der Waals surface area contributed by atoms with Crippen LogP contribution in [0, 0.1) is 11.3 Å². The van der Waals surface area contributed by atoms with E-state index >= 15 is 0 Å². The zero-order valence-corrected chi connectivity index (χ0v) is 12.1. The smallest absolute Gasteiger partial charge is 0.410 e. The first kappa shape index (κ1) is 14.2. The second kappa shape index (κ2) is 4.69. The number of ether oxygens (including phenoxy) is 1. The Morgan fingerprint density at radius 1 is 1.21 bits per heavy atom. The van der Waals surface area contributed by atoms with Gasteiger partial charge < -0.3 is 15.4 Å². The Hall–Kier alpha value is -1.26. The predicted molar refractivity (Wildman–Crippen MR) is 71.4 cm³/mol. The van der Waals surface area contributed by atoms with E-state index in [1.807, 2.05) is 20.8 Å². The van der Waals surface area contributed by atoms with Crippen LogP contribution in [0.5, 0.6) is 0 Å². The Morgan fingerprint density at radius 3 is 2.16 bits per heavy atom. The van der Waals surface area contributed by atoms with Gasteiger partial charge in [-0.1, -0.05) is 0 Å². The molecule has 0 aromatic carbocycles. The van der Waals surface area contributed by atoms with E-state index in [0.717, 1.165) is 38.8 Å². The first-order chi connectivity index (χ1) is 8.71. The highest BCUT2D eigenvalue weighted by atomic mass is 16.6. The van der Waals surface area contributed by atoms with E-state index in [2.05, 4.69) is 0 Å². The second-order valence-electron chi connectivity index (χ2n) is 7.01. The number of hydrogen-bond acceptors (Lipinski definition) is 3. The van der Waals surface area contributed by atoms with Gasteiger partial charge in [0.15, 0.2) is 0 Å². The van der Waals surface area contributed by atoms with Gasteiger partial charge >= 0.3 is 6.09 Å². The maximum absolute atomic E-state index is 11.9. The minimum atomic E-state index is -0.441. The third kappa shape index (κ3) is 3.19. The van der Waals surface area contributed by atoms with Crippen LogP contribution in [0.2, 0.25) is 0 Å². The lowest BCUT2D eigenvalue weighted by atomic mass is 9.66. The summed E-state index contributed by atoms with van der Waals surface area (Å²) >= 11 is 0. The molecule has 1 spiro atoms. The van der Waals surface area contributed by atoms with E-state index in [1.54, 1.807) is 4.90 Å². The Bertz CT molecular complexity index is 371. The van der Waals surface area contributed by atoms with Gasteiger partial charge in [0.2, 0.25) is 5.91 Å². The van der Waals surface area contributed by atoms with Crippen LogP contribution in [0.1, 0.15) is 46.5 Å². The highest BCUT2D eigenvalue weighted by molar-refractivity contribution is 5.76. The summed E-state index contributed by atoms with van der Waals surface area (Å²) in [6.45, 7) is 7.14. The van der Waals surface area contributed by atoms with E-state index in [1.165, 1.54) is 0 Å². The lowest BCUT2D eigenvalue weighted by molar-refractivity contribution is -0.125. The molecule has 2 aliphatic rings. The molecule has 1 saturated carbocycles. The number of carbonyl (C=O) groups is 2. The molecule has 1 saturated heterocycles. The van der Waals surface area contributed by atoms with Crippen molar-refractivity contribution in [3.8, 4) is 0 Å². The van der Waals surface area contributed by atoms with Gasteiger partial charge in [-0.25, -0.2) is 4.79 Å².